The lowest BCUT2D eigenvalue weighted by atomic mass is 9.94. The van der Waals surface area contributed by atoms with Gasteiger partial charge in [0.1, 0.15) is 5.60 Å². The lowest BCUT2D eigenvalue weighted by Gasteiger charge is -2.19. The maximum atomic E-state index is 12.0. The van der Waals surface area contributed by atoms with Crippen molar-refractivity contribution in [3.63, 3.8) is 0 Å². The summed E-state index contributed by atoms with van der Waals surface area (Å²) in [6.45, 7) is 0. The topological polar surface area (TPSA) is 54.6 Å². The molecule has 0 aliphatic heterocycles. The van der Waals surface area contributed by atoms with Gasteiger partial charge in [0.15, 0.2) is 10.7 Å². The summed E-state index contributed by atoms with van der Waals surface area (Å²) < 4.78 is 1.91. The molecule has 1 saturated carbocycles. The van der Waals surface area contributed by atoms with Crippen molar-refractivity contribution in [3.05, 3.63) is 23.5 Å². The van der Waals surface area contributed by atoms with E-state index in [1.54, 1.807) is 11.3 Å². The first-order valence-electron chi connectivity index (χ1n) is 5.84. The maximum absolute atomic E-state index is 12.0. The predicted molar refractivity (Wildman–Crippen MR) is 65.2 cm³/mol. The number of ketones is 1. The number of carbonyl (C=O) groups excluding carboxylic acids is 1. The van der Waals surface area contributed by atoms with E-state index in [-0.39, 0.29) is 12.2 Å². The summed E-state index contributed by atoms with van der Waals surface area (Å²) in [6, 6.07) is 0. The van der Waals surface area contributed by atoms with Crippen LogP contribution in [0.15, 0.2) is 17.8 Å². The van der Waals surface area contributed by atoms with Crippen LogP contribution in [0, 0.1) is 0 Å². The van der Waals surface area contributed by atoms with Crippen LogP contribution in [0.3, 0.4) is 0 Å². The lowest BCUT2D eigenvalue weighted by Crippen LogP contribution is -2.36. The Labute approximate surface area is 103 Å². The molecule has 1 fully saturated rings. The van der Waals surface area contributed by atoms with Crippen molar-refractivity contribution in [1.82, 2.24) is 9.38 Å². The standard InChI is InChI=1S/C12H14N2O2S/c15-10(12(16)3-1-2-4-12)7-9-8-14-5-6-17-11(14)13-9/h5-6,8,16H,1-4,7H2. The van der Waals surface area contributed by atoms with Gasteiger partial charge in [-0.15, -0.1) is 11.3 Å². The van der Waals surface area contributed by atoms with Crippen LogP contribution in [0.4, 0.5) is 0 Å². The van der Waals surface area contributed by atoms with Gasteiger partial charge in [0, 0.05) is 17.8 Å². The van der Waals surface area contributed by atoms with Crippen molar-refractivity contribution in [3.8, 4) is 0 Å². The molecule has 1 aliphatic carbocycles. The Hall–Kier alpha value is -1.20. The lowest BCUT2D eigenvalue weighted by molar-refractivity contribution is -0.136. The van der Waals surface area contributed by atoms with E-state index in [2.05, 4.69) is 4.98 Å². The highest BCUT2D eigenvalue weighted by Crippen LogP contribution is 2.31. The number of aliphatic hydroxyl groups is 1. The van der Waals surface area contributed by atoms with Crippen molar-refractivity contribution < 1.29 is 9.90 Å². The number of thiazole rings is 1. The van der Waals surface area contributed by atoms with Gasteiger partial charge < -0.3 is 5.11 Å². The third-order valence-electron chi connectivity index (χ3n) is 3.43. The molecule has 0 radical (unpaired) electrons. The number of imidazole rings is 1. The van der Waals surface area contributed by atoms with Gasteiger partial charge >= 0.3 is 0 Å². The number of fused-ring (bicyclic) bond motifs is 1. The van der Waals surface area contributed by atoms with Gasteiger partial charge in [-0.25, -0.2) is 4.98 Å². The Morgan fingerprint density at radius 1 is 1.53 bits per heavy atom. The highest BCUT2D eigenvalue weighted by atomic mass is 32.1. The zero-order chi connectivity index (χ0) is 11.9. The van der Waals surface area contributed by atoms with Gasteiger partial charge in [-0.05, 0) is 25.7 Å². The molecule has 90 valence electrons. The summed E-state index contributed by atoms with van der Waals surface area (Å²) >= 11 is 1.54. The Balaban J connectivity index is 1.78. The van der Waals surface area contributed by atoms with E-state index in [0.29, 0.717) is 12.8 Å². The Bertz CT molecular complexity index is 523. The third kappa shape index (κ3) is 1.89. The SMILES string of the molecule is O=C(Cc1cn2ccsc2n1)C1(O)CCCC1. The van der Waals surface area contributed by atoms with Gasteiger partial charge in [0.2, 0.25) is 0 Å². The van der Waals surface area contributed by atoms with E-state index < -0.39 is 5.60 Å². The molecule has 0 saturated heterocycles. The molecule has 1 aliphatic rings. The summed E-state index contributed by atoms with van der Waals surface area (Å²) in [7, 11) is 0. The van der Waals surface area contributed by atoms with E-state index in [0.717, 1.165) is 23.5 Å². The van der Waals surface area contributed by atoms with Crippen LogP contribution in [-0.4, -0.2) is 25.9 Å². The summed E-state index contributed by atoms with van der Waals surface area (Å²) in [5, 5.41) is 12.1. The first-order valence-corrected chi connectivity index (χ1v) is 6.72. The molecular weight excluding hydrogens is 236 g/mol. The molecule has 0 atom stereocenters. The van der Waals surface area contributed by atoms with Gasteiger partial charge in [0.05, 0.1) is 12.1 Å². The minimum Gasteiger partial charge on any atom is -0.382 e. The normalized spacial score (nSPS) is 18.9. The second-order valence-corrected chi connectivity index (χ2v) is 5.54. The fourth-order valence-electron chi connectivity index (χ4n) is 2.43. The molecule has 0 aromatic carbocycles. The summed E-state index contributed by atoms with van der Waals surface area (Å²) in [4.78, 5) is 17.3. The molecule has 0 bridgehead atoms. The summed E-state index contributed by atoms with van der Waals surface area (Å²) in [5.41, 5.74) is -0.334. The molecule has 5 heteroatoms. The average molecular weight is 250 g/mol. The molecule has 17 heavy (non-hydrogen) atoms. The zero-order valence-electron chi connectivity index (χ0n) is 9.43. The molecular formula is C12H14N2O2S. The van der Waals surface area contributed by atoms with E-state index >= 15 is 0 Å². The largest absolute Gasteiger partial charge is 0.382 e. The van der Waals surface area contributed by atoms with E-state index in [9.17, 15) is 9.90 Å². The van der Waals surface area contributed by atoms with Gasteiger partial charge in [-0.1, -0.05) is 0 Å². The van der Waals surface area contributed by atoms with E-state index in [1.807, 2.05) is 22.2 Å². The number of hydrogen-bond donors (Lipinski definition) is 1. The summed E-state index contributed by atoms with van der Waals surface area (Å²) in [6.07, 6.45) is 7.13. The molecule has 0 amide bonds. The number of hydrogen-bond acceptors (Lipinski definition) is 4. The van der Waals surface area contributed by atoms with Crippen molar-refractivity contribution >= 4 is 22.1 Å². The number of nitrogens with zero attached hydrogens (tertiary/aromatic N) is 2. The van der Waals surface area contributed by atoms with Gasteiger partial charge in [-0.2, -0.15) is 0 Å². The fourth-order valence-corrected chi connectivity index (χ4v) is 3.15. The number of carbonyl (C=O) groups is 1. The van der Waals surface area contributed by atoms with Crippen LogP contribution < -0.4 is 0 Å². The zero-order valence-corrected chi connectivity index (χ0v) is 10.2. The van der Waals surface area contributed by atoms with Crippen LogP contribution in [0.25, 0.3) is 4.96 Å². The van der Waals surface area contributed by atoms with Gasteiger partial charge in [0.25, 0.3) is 0 Å². The van der Waals surface area contributed by atoms with E-state index in [4.69, 9.17) is 0 Å². The first kappa shape index (κ1) is 10.9. The van der Waals surface area contributed by atoms with Crippen molar-refractivity contribution in [2.24, 2.45) is 0 Å². The molecule has 4 nitrogen and oxygen atoms in total. The number of rotatable bonds is 3. The first-order chi connectivity index (χ1) is 8.17. The Kier molecular flexibility index (Phi) is 2.52. The van der Waals surface area contributed by atoms with Gasteiger partial charge in [-0.3, -0.25) is 9.20 Å². The molecule has 2 aromatic heterocycles. The Morgan fingerprint density at radius 3 is 3.00 bits per heavy atom. The second-order valence-electron chi connectivity index (χ2n) is 4.66. The predicted octanol–water partition coefficient (Wildman–Crippen LogP) is 1.81. The number of aromatic nitrogens is 2. The Morgan fingerprint density at radius 2 is 2.29 bits per heavy atom. The quantitative estimate of drug-likeness (QED) is 0.904. The monoisotopic (exact) mass is 250 g/mol. The minimum absolute atomic E-state index is 0.0826. The fraction of sp³-hybridized carbons (Fsp3) is 0.500. The second kappa shape index (κ2) is 3.92. The van der Waals surface area contributed by atoms with Crippen LogP contribution in [0.2, 0.25) is 0 Å². The minimum atomic E-state index is -1.09. The molecule has 2 heterocycles. The molecule has 0 unspecified atom stereocenters. The maximum Gasteiger partial charge on any atom is 0.193 e. The number of Topliss-reactive ketones (excluding diaryl/α,β-unsaturated/α-hetero) is 1. The molecule has 1 N–H and O–H groups in total. The summed E-state index contributed by atoms with van der Waals surface area (Å²) in [5.74, 6) is -0.0826. The molecule has 2 aromatic rings. The van der Waals surface area contributed by atoms with Crippen molar-refractivity contribution in [1.29, 1.82) is 0 Å². The van der Waals surface area contributed by atoms with Crippen LogP contribution in [0.1, 0.15) is 31.4 Å². The van der Waals surface area contributed by atoms with E-state index in [1.165, 1.54) is 0 Å². The molecule has 0 spiro atoms. The van der Waals surface area contributed by atoms with Crippen LogP contribution in [-0.2, 0) is 11.2 Å². The van der Waals surface area contributed by atoms with Crippen LogP contribution in [0.5, 0.6) is 0 Å². The van der Waals surface area contributed by atoms with Crippen molar-refractivity contribution in [2.75, 3.05) is 0 Å². The smallest absolute Gasteiger partial charge is 0.193 e. The third-order valence-corrected chi connectivity index (χ3v) is 4.21. The van der Waals surface area contributed by atoms with Crippen molar-refractivity contribution in [2.45, 2.75) is 37.7 Å². The highest BCUT2D eigenvalue weighted by Gasteiger charge is 2.38. The van der Waals surface area contributed by atoms with Crippen LogP contribution >= 0.6 is 11.3 Å². The average Bonchev–Trinajstić information content (AvgIpc) is 2.93. The molecule has 3 rings (SSSR count). The highest BCUT2D eigenvalue weighted by molar-refractivity contribution is 7.15.